The van der Waals surface area contributed by atoms with E-state index in [-0.39, 0.29) is 0 Å². The summed E-state index contributed by atoms with van der Waals surface area (Å²) in [6, 6.07) is 32.7. The highest BCUT2D eigenvalue weighted by molar-refractivity contribution is 6.40. The molecule has 5 aromatic rings. The molecule has 2 N–H and O–H groups in total. The second-order valence-corrected chi connectivity index (χ2v) is 8.17. The normalized spacial score (nSPS) is 10.9. The lowest BCUT2D eigenvalue weighted by atomic mass is 10.0. The highest BCUT2D eigenvalue weighted by atomic mass is 16.5. The molecule has 0 spiro atoms. The molecule has 0 aliphatic heterocycles. The van der Waals surface area contributed by atoms with Crippen molar-refractivity contribution in [1.82, 2.24) is 5.43 Å². The van der Waals surface area contributed by atoms with Crippen LogP contribution in [0.25, 0.3) is 21.5 Å². The first-order valence-electron chi connectivity index (χ1n) is 11.5. The van der Waals surface area contributed by atoms with Crippen molar-refractivity contribution >= 4 is 51.2 Å². The second kappa shape index (κ2) is 10.5. The first-order chi connectivity index (χ1) is 18.1. The Morgan fingerprint density at radius 1 is 0.649 bits per heavy atom. The van der Waals surface area contributed by atoms with Gasteiger partial charge in [0.1, 0.15) is 5.75 Å². The Labute approximate surface area is 212 Å². The third-order valence-corrected chi connectivity index (χ3v) is 5.72. The van der Waals surface area contributed by atoms with Gasteiger partial charge in [0.15, 0.2) is 0 Å². The average molecular weight is 488 g/mol. The zero-order chi connectivity index (χ0) is 25.6. The quantitative estimate of drug-likeness (QED) is 0.116. The zero-order valence-corrected chi connectivity index (χ0v) is 19.5. The van der Waals surface area contributed by atoms with Crippen LogP contribution in [0.5, 0.6) is 5.75 Å². The average Bonchev–Trinajstić information content (AvgIpc) is 2.93. The number of nitrogens with zero attached hydrogens (tertiary/aromatic N) is 1. The number of anilines is 1. The summed E-state index contributed by atoms with van der Waals surface area (Å²) in [7, 11) is 0. The number of nitrogens with one attached hydrogen (secondary N) is 2. The van der Waals surface area contributed by atoms with Crippen molar-refractivity contribution in [1.29, 1.82) is 0 Å². The molecule has 5 aromatic carbocycles. The molecule has 0 heterocycles. The highest BCUT2D eigenvalue weighted by Gasteiger charge is 2.14. The van der Waals surface area contributed by atoms with E-state index in [4.69, 9.17) is 4.74 Å². The Hall–Kier alpha value is -5.30. The summed E-state index contributed by atoms with van der Waals surface area (Å²) in [6.07, 6.45) is 1.39. The molecule has 0 saturated heterocycles. The molecule has 0 saturated carbocycles. The maximum absolute atomic E-state index is 12.7. The van der Waals surface area contributed by atoms with Crippen LogP contribution in [0.4, 0.5) is 5.69 Å². The molecular weight excluding hydrogens is 466 g/mol. The SMILES string of the molecule is O=C(N/N=C/c1ccc(OC(=O)c2cccc3ccccc23)cc1)C(=O)Nc1cccc2ccccc12. The standard InChI is InChI=1S/C30H21N3O4/c34-28(32-27-14-6-10-22-8-2-4-12-25(22)27)29(35)33-31-19-20-15-17-23(18-16-20)37-30(36)26-13-5-9-21-7-1-3-11-24(21)26/h1-19H,(H,32,34)(H,33,35)/b31-19+. The topological polar surface area (TPSA) is 96.9 Å². The number of esters is 1. The Morgan fingerprint density at radius 3 is 2.03 bits per heavy atom. The number of hydrazone groups is 1. The van der Waals surface area contributed by atoms with E-state index in [9.17, 15) is 14.4 Å². The van der Waals surface area contributed by atoms with Crippen molar-refractivity contribution in [3.8, 4) is 5.75 Å². The van der Waals surface area contributed by atoms with Crippen LogP contribution in [0, 0.1) is 0 Å². The molecule has 0 atom stereocenters. The third kappa shape index (κ3) is 5.36. The summed E-state index contributed by atoms with van der Waals surface area (Å²) in [5.41, 5.74) is 3.87. The van der Waals surface area contributed by atoms with Crippen LogP contribution >= 0.6 is 0 Å². The lowest BCUT2D eigenvalue weighted by Gasteiger charge is -2.08. The number of carbonyl (C=O) groups excluding carboxylic acids is 3. The Bertz CT molecular complexity index is 1650. The van der Waals surface area contributed by atoms with Crippen molar-refractivity contribution < 1.29 is 19.1 Å². The minimum absolute atomic E-state index is 0.369. The van der Waals surface area contributed by atoms with Crippen molar-refractivity contribution in [3.63, 3.8) is 0 Å². The molecule has 7 nitrogen and oxygen atoms in total. The van der Waals surface area contributed by atoms with E-state index >= 15 is 0 Å². The Kier molecular flexibility index (Phi) is 6.67. The van der Waals surface area contributed by atoms with Crippen molar-refractivity contribution in [2.45, 2.75) is 0 Å². The largest absolute Gasteiger partial charge is 0.423 e. The molecule has 5 rings (SSSR count). The van der Waals surface area contributed by atoms with E-state index in [1.807, 2.05) is 66.7 Å². The number of amides is 2. The predicted molar refractivity (Wildman–Crippen MR) is 144 cm³/mol. The summed E-state index contributed by atoms with van der Waals surface area (Å²) in [5.74, 6) is -1.81. The van der Waals surface area contributed by atoms with Gasteiger partial charge in [0.25, 0.3) is 0 Å². The van der Waals surface area contributed by atoms with Gasteiger partial charge in [-0.25, -0.2) is 10.2 Å². The molecule has 37 heavy (non-hydrogen) atoms. The van der Waals surface area contributed by atoms with Crippen LogP contribution in [0.3, 0.4) is 0 Å². The van der Waals surface area contributed by atoms with Crippen LogP contribution in [-0.2, 0) is 9.59 Å². The van der Waals surface area contributed by atoms with E-state index in [1.165, 1.54) is 6.21 Å². The molecule has 0 aliphatic rings. The number of ether oxygens (including phenoxy) is 1. The summed E-state index contributed by atoms with van der Waals surface area (Å²) in [5, 5.41) is 10.0. The maximum atomic E-state index is 12.7. The molecule has 0 aromatic heterocycles. The van der Waals surface area contributed by atoms with Crippen molar-refractivity contribution in [2.24, 2.45) is 5.10 Å². The van der Waals surface area contributed by atoms with Gasteiger partial charge < -0.3 is 10.1 Å². The monoisotopic (exact) mass is 487 g/mol. The molecule has 7 heteroatoms. The Balaban J connectivity index is 1.18. The molecule has 180 valence electrons. The van der Waals surface area contributed by atoms with Gasteiger partial charge in [-0.05, 0) is 58.1 Å². The van der Waals surface area contributed by atoms with E-state index < -0.39 is 17.8 Å². The van der Waals surface area contributed by atoms with Crippen molar-refractivity contribution in [2.75, 3.05) is 5.32 Å². The van der Waals surface area contributed by atoms with Gasteiger partial charge in [0.05, 0.1) is 11.8 Å². The van der Waals surface area contributed by atoms with Crippen LogP contribution < -0.4 is 15.5 Å². The van der Waals surface area contributed by atoms with Gasteiger partial charge in [-0.15, -0.1) is 0 Å². The first kappa shape index (κ1) is 23.4. The Morgan fingerprint density at radius 2 is 1.27 bits per heavy atom. The number of hydrogen-bond donors (Lipinski definition) is 2. The molecule has 0 unspecified atom stereocenters. The minimum Gasteiger partial charge on any atom is -0.423 e. The molecular formula is C30H21N3O4. The minimum atomic E-state index is -0.898. The third-order valence-electron chi connectivity index (χ3n) is 5.72. The van der Waals surface area contributed by atoms with E-state index in [2.05, 4.69) is 15.8 Å². The second-order valence-electron chi connectivity index (χ2n) is 8.17. The van der Waals surface area contributed by atoms with Gasteiger partial charge >= 0.3 is 17.8 Å². The fourth-order valence-corrected chi connectivity index (χ4v) is 3.92. The predicted octanol–water partition coefficient (Wildman–Crippen LogP) is 5.30. The van der Waals surface area contributed by atoms with Crippen LogP contribution in [0.1, 0.15) is 15.9 Å². The van der Waals surface area contributed by atoms with Gasteiger partial charge in [0.2, 0.25) is 0 Å². The number of benzene rings is 5. The lowest BCUT2D eigenvalue weighted by molar-refractivity contribution is -0.136. The van der Waals surface area contributed by atoms with Gasteiger partial charge in [0, 0.05) is 11.1 Å². The van der Waals surface area contributed by atoms with Gasteiger partial charge in [-0.2, -0.15) is 5.10 Å². The van der Waals surface area contributed by atoms with E-state index in [0.29, 0.717) is 22.6 Å². The summed E-state index contributed by atoms with van der Waals surface area (Å²) in [6.45, 7) is 0. The zero-order valence-electron chi connectivity index (χ0n) is 19.5. The number of hydrogen-bond acceptors (Lipinski definition) is 5. The van der Waals surface area contributed by atoms with Gasteiger partial charge in [-0.3, -0.25) is 9.59 Å². The van der Waals surface area contributed by atoms with Crippen LogP contribution in [0.15, 0.2) is 114 Å². The van der Waals surface area contributed by atoms with Gasteiger partial charge in [-0.1, -0.05) is 72.8 Å². The fraction of sp³-hybridized carbons (Fsp3) is 0. The molecule has 0 bridgehead atoms. The first-order valence-corrected chi connectivity index (χ1v) is 11.5. The van der Waals surface area contributed by atoms with E-state index in [0.717, 1.165) is 21.5 Å². The van der Waals surface area contributed by atoms with Crippen molar-refractivity contribution in [3.05, 3.63) is 120 Å². The molecule has 0 aliphatic carbocycles. The number of fused-ring (bicyclic) bond motifs is 2. The smallest absolute Gasteiger partial charge is 0.344 e. The lowest BCUT2D eigenvalue weighted by Crippen LogP contribution is -2.32. The molecule has 2 amide bonds. The number of rotatable bonds is 5. The molecule has 0 fully saturated rings. The summed E-state index contributed by atoms with van der Waals surface area (Å²) >= 11 is 0. The fourth-order valence-electron chi connectivity index (χ4n) is 3.92. The number of carbonyl (C=O) groups is 3. The van der Waals surface area contributed by atoms with Crippen LogP contribution in [-0.4, -0.2) is 24.0 Å². The summed E-state index contributed by atoms with van der Waals surface area (Å²) in [4.78, 5) is 37.2. The summed E-state index contributed by atoms with van der Waals surface area (Å²) < 4.78 is 5.52. The maximum Gasteiger partial charge on any atom is 0.344 e. The van der Waals surface area contributed by atoms with E-state index in [1.54, 1.807) is 42.5 Å². The highest BCUT2D eigenvalue weighted by Crippen LogP contribution is 2.23. The van der Waals surface area contributed by atoms with Crippen LogP contribution in [0.2, 0.25) is 0 Å². The molecule has 0 radical (unpaired) electrons.